The van der Waals surface area contributed by atoms with Crippen LogP contribution in [-0.2, 0) is 0 Å². The maximum absolute atomic E-state index is 13.1. The monoisotopic (exact) mass is 236 g/mol. The van der Waals surface area contributed by atoms with Crippen LogP contribution in [0.2, 0.25) is 0 Å². The molecule has 0 N–H and O–H groups in total. The summed E-state index contributed by atoms with van der Waals surface area (Å²) in [6, 6.07) is 6.28. The first-order valence-corrected chi connectivity index (χ1v) is 5.43. The first-order chi connectivity index (χ1) is 7.72. The number of benzene rings is 1. The van der Waals surface area contributed by atoms with E-state index in [0.717, 1.165) is 25.1 Å². The van der Waals surface area contributed by atoms with Crippen molar-refractivity contribution in [1.29, 1.82) is 5.26 Å². The Hall–Kier alpha value is -1.53. The van der Waals surface area contributed by atoms with Gasteiger partial charge in [0.1, 0.15) is 17.0 Å². The van der Waals surface area contributed by atoms with Crippen molar-refractivity contribution in [2.24, 2.45) is 0 Å². The van der Waals surface area contributed by atoms with Crippen LogP contribution in [-0.4, -0.2) is 6.54 Å². The number of hydrogen-bond acceptors (Lipinski definition) is 2. The summed E-state index contributed by atoms with van der Waals surface area (Å²) in [5, 5.41) is 9.39. The van der Waals surface area contributed by atoms with E-state index in [9.17, 15) is 4.39 Å². The smallest absolute Gasteiger partial charge is 0.141 e. The van der Waals surface area contributed by atoms with Crippen LogP contribution in [0, 0.1) is 17.1 Å². The molecule has 0 radical (unpaired) electrons. The van der Waals surface area contributed by atoms with Crippen LogP contribution >= 0.6 is 11.6 Å². The van der Waals surface area contributed by atoms with E-state index in [-0.39, 0.29) is 5.56 Å². The van der Waals surface area contributed by atoms with Gasteiger partial charge in [-0.05, 0) is 37.1 Å². The van der Waals surface area contributed by atoms with Crippen molar-refractivity contribution in [2.45, 2.75) is 12.8 Å². The summed E-state index contributed by atoms with van der Waals surface area (Å²) in [6.07, 6.45) is 3.90. The van der Waals surface area contributed by atoms with Gasteiger partial charge in [-0.15, -0.1) is 0 Å². The van der Waals surface area contributed by atoms with E-state index in [0.29, 0.717) is 5.16 Å². The summed E-state index contributed by atoms with van der Waals surface area (Å²) in [6.45, 7) is 0.797. The standard InChI is InChI=1S/C12H10ClFN2/c13-12-3-1-2-6-16(12)10-4-5-11(14)9(7-10)8-15/h3-5,7H,1-2,6H2. The maximum atomic E-state index is 13.1. The van der Waals surface area contributed by atoms with E-state index in [4.69, 9.17) is 16.9 Å². The van der Waals surface area contributed by atoms with Crippen LogP contribution in [0.15, 0.2) is 29.4 Å². The Bertz CT molecular complexity index is 476. The molecule has 0 fully saturated rings. The van der Waals surface area contributed by atoms with Gasteiger partial charge in [0.2, 0.25) is 0 Å². The summed E-state index contributed by atoms with van der Waals surface area (Å²) < 4.78 is 13.1. The molecule has 16 heavy (non-hydrogen) atoms. The minimum absolute atomic E-state index is 0.0486. The lowest BCUT2D eigenvalue weighted by Gasteiger charge is -2.27. The highest BCUT2D eigenvalue weighted by Gasteiger charge is 2.15. The predicted octanol–water partition coefficient (Wildman–Crippen LogP) is 3.38. The van der Waals surface area contributed by atoms with Gasteiger partial charge in [-0.3, -0.25) is 0 Å². The number of anilines is 1. The SMILES string of the molecule is N#Cc1cc(N2CCCC=C2Cl)ccc1F. The molecule has 0 spiro atoms. The third-order valence-electron chi connectivity index (χ3n) is 2.54. The number of nitrogens with zero attached hydrogens (tertiary/aromatic N) is 2. The van der Waals surface area contributed by atoms with Gasteiger partial charge in [-0.25, -0.2) is 4.39 Å². The molecule has 0 unspecified atom stereocenters. The molecule has 2 nitrogen and oxygen atoms in total. The van der Waals surface area contributed by atoms with Crippen molar-refractivity contribution < 1.29 is 4.39 Å². The van der Waals surface area contributed by atoms with E-state index in [1.165, 1.54) is 12.1 Å². The Morgan fingerprint density at radius 3 is 2.94 bits per heavy atom. The Morgan fingerprint density at radius 2 is 2.25 bits per heavy atom. The van der Waals surface area contributed by atoms with Crippen LogP contribution in [0.5, 0.6) is 0 Å². The third kappa shape index (κ3) is 2.02. The molecule has 0 atom stereocenters. The molecule has 1 aliphatic rings. The van der Waals surface area contributed by atoms with Crippen molar-refractivity contribution >= 4 is 17.3 Å². The second-order valence-corrected chi connectivity index (χ2v) is 3.98. The molecule has 0 bridgehead atoms. The Morgan fingerprint density at radius 1 is 1.44 bits per heavy atom. The van der Waals surface area contributed by atoms with Gasteiger partial charge in [0, 0.05) is 12.2 Å². The van der Waals surface area contributed by atoms with E-state index in [2.05, 4.69) is 0 Å². The second kappa shape index (κ2) is 4.54. The first kappa shape index (κ1) is 11.0. The van der Waals surface area contributed by atoms with E-state index in [1.807, 2.05) is 17.0 Å². The molecule has 82 valence electrons. The molecule has 1 aromatic carbocycles. The fraction of sp³-hybridized carbons (Fsp3) is 0.250. The highest BCUT2D eigenvalue weighted by molar-refractivity contribution is 6.31. The Kier molecular flexibility index (Phi) is 3.12. The predicted molar refractivity (Wildman–Crippen MR) is 61.6 cm³/mol. The lowest BCUT2D eigenvalue weighted by atomic mass is 10.1. The van der Waals surface area contributed by atoms with Gasteiger partial charge >= 0.3 is 0 Å². The van der Waals surface area contributed by atoms with Crippen molar-refractivity contribution in [3.05, 3.63) is 40.8 Å². The summed E-state index contributed by atoms with van der Waals surface area (Å²) in [4.78, 5) is 1.88. The van der Waals surface area contributed by atoms with Crippen molar-refractivity contribution in [3.8, 4) is 6.07 Å². The first-order valence-electron chi connectivity index (χ1n) is 5.05. The topological polar surface area (TPSA) is 27.0 Å². The zero-order valence-electron chi connectivity index (χ0n) is 8.58. The van der Waals surface area contributed by atoms with Gasteiger partial charge in [0.05, 0.1) is 5.56 Å². The molecule has 2 rings (SSSR count). The molecule has 1 aromatic rings. The molecule has 0 saturated heterocycles. The van der Waals surface area contributed by atoms with Crippen LogP contribution < -0.4 is 4.90 Å². The normalized spacial score (nSPS) is 15.6. The summed E-state index contributed by atoms with van der Waals surface area (Å²) in [5.74, 6) is -0.497. The van der Waals surface area contributed by atoms with Crippen molar-refractivity contribution in [1.82, 2.24) is 0 Å². The minimum atomic E-state index is -0.497. The molecule has 1 aliphatic heterocycles. The lowest BCUT2D eigenvalue weighted by molar-refractivity contribution is 0.623. The molecular formula is C12H10ClFN2. The van der Waals surface area contributed by atoms with Crippen LogP contribution in [0.4, 0.5) is 10.1 Å². The van der Waals surface area contributed by atoms with Crippen molar-refractivity contribution in [2.75, 3.05) is 11.4 Å². The summed E-state index contributed by atoms with van der Waals surface area (Å²) in [5.41, 5.74) is 0.812. The van der Waals surface area contributed by atoms with E-state index >= 15 is 0 Å². The zero-order chi connectivity index (χ0) is 11.5. The quantitative estimate of drug-likeness (QED) is 0.699. The Balaban J connectivity index is 2.38. The van der Waals surface area contributed by atoms with Crippen molar-refractivity contribution in [3.63, 3.8) is 0 Å². The van der Waals surface area contributed by atoms with Gasteiger partial charge in [-0.2, -0.15) is 5.26 Å². The molecule has 0 aromatic heterocycles. The molecule has 0 amide bonds. The fourth-order valence-electron chi connectivity index (χ4n) is 1.71. The van der Waals surface area contributed by atoms with E-state index < -0.39 is 5.82 Å². The fourth-order valence-corrected chi connectivity index (χ4v) is 2.00. The molecule has 4 heteroatoms. The highest BCUT2D eigenvalue weighted by atomic mass is 35.5. The third-order valence-corrected chi connectivity index (χ3v) is 2.90. The van der Waals surface area contributed by atoms with Crippen LogP contribution in [0.1, 0.15) is 18.4 Å². The summed E-state index contributed by atoms with van der Waals surface area (Å²) in [7, 11) is 0. The highest BCUT2D eigenvalue weighted by Crippen LogP contribution is 2.27. The zero-order valence-corrected chi connectivity index (χ0v) is 9.34. The number of allylic oxidation sites excluding steroid dienone is 1. The Labute approximate surface area is 98.5 Å². The summed E-state index contributed by atoms with van der Waals surface area (Å²) >= 11 is 6.06. The van der Waals surface area contributed by atoms with Gasteiger partial charge in [0.15, 0.2) is 0 Å². The molecule has 0 saturated carbocycles. The van der Waals surface area contributed by atoms with E-state index in [1.54, 1.807) is 6.07 Å². The van der Waals surface area contributed by atoms with Gasteiger partial charge in [-0.1, -0.05) is 11.6 Å². The maximum Gasteiger partial charge on any atom is 0.141 e. The largest absolute Gasteiger partial charge is 0.332 e. The number of hydrogen-bond donors (Lipinski definition) is 0. The number of nitriles is 1. The average Bonchev–Trinajstić information content (AvgIpc) is 2.31. The minimum Gasteiger partial charge on any atom is -0.332 e. The average molecular weight is 237 g/mol. The number of halogens is 2. The second-order valence-electron chi connectivity index (χ2n) is 3.60. The molecular weight excluding hydrogens is 227 g/mol. The lowest BCUT2D eigenvalue weighted by Crippen LogP contribution is -2.24. The molecule has 1 heterocycles. The van der Waals surface area contributed by atoms with Gasteiger partial charge < -0.3 is 4.90 Å². The van der Waals surface area contributed by atoms with Crippen LogP contribution in [0.25, 0.3) is 0 Å². The van der Waals surface area contributed by atoms with Gasteiger partial charge in [0.25, 0.3) is 0 Å². The molecule has 0 aliphatic carbocycles. The number of rotatable bonds is 1. The van der Waals surface area contributed by atoms with Crippen LogP contribution in [0.3, 0.4) is 0 Å².